The number of aliphatic hydroxyl groups is 1. The molecule has 2 aliphatic heterocycles. The molecule has 0 amide bonds. The lowest BCUT2D eigenvalue weighted by Gasteiger charge is -2.36. The van der Waals surface area contributed by atoms with Crippen LogP contribution in [0.2, 0.25) is 0 Å². The smallest absolute Gasteiger partial charge is 0.0791 e. The lowest BCUT2D eigenvalue weighted by molar-refractivity contribution is 0.00825. The van der Waals surface area contributed by atoms with Crippen molar-refractivity contribution < 1.29 is 14.6 Å². The van der Waals surface area contributed by atoms with Gasteiger partial charge in [-0.25, -0.2) is 0 Å². The molecular formula is C13H26N2O3. The summed E-state index contributed by atoms with van der Waals surface area (Å²) in [6, 6.07) is 0. The van der Waals surface area contributed by atoms with Crippen LogP contribution in [-0.2, 0) is 9.47 Å². The fourth-order valence-corrected chi connectivity index (χ4v) is 2.51. The SMILES string of the molecule is CC1(NCC(O)CN2CCOCC2)CCOCC1. The molecule has 1 atom stereocenters. The van der Waals surface area contributed by atoms with Gasteiger partial charge in [0, 0.05) is 44.9 Å². The Kier molecular flexibility index (Phi) is 5.38. The second-order valence-corrected chi connectivity index (χ2v) is 5.62. The van der Waals surface area contributed by atoms with Gasteiger partial charge in [-0.2, -0.15) is 0 Å². The first kappa shape index (κ1) is 14.2. The second kappa shape index (κ2) is 6.82. The van der Waals surface area contributed by atoms with Gasteiger partial charge in [0.25, 0.3) is 0 Å². The number of ether oxygens (including phenoxy) is 2. The third-order valence-corrected chi connectivity index (χ3v) is 3.93. The van der Waals surface area contributed by atoms with E-state index in [2.05, 4.69) is 17.1 Å². The van der Waals surface area contributed by atoms with Gasteiger partial charge in [-0.3, -0.25) is 4.90 Å². The molecule has 1 unspecified atom stereocenters. The predicted octanol–water partition coefficient (Wildman–Crippen LogP) is -0.162. The normalized spacial score (nSPS) is 27.0. The van der Waals surface area contributed by atoms with Gasteiger partial charge in [0.15, 0.2) is 0 Å². The van der Waals surface area contributed by atoms with Crippen molar-refractivity contribution in [2.24, 2.45) is 0 Å². The van der Waals surface area contributed by atoms with Gasteiger partial charge in [-0.15, -0.1) is 0 Å². The Hall–Kier alpha value is -0.200. The Morgan fingerprint density at radius 1 is 1.17 bits per heavy atom. The number of morpholine rings is 1. The summed E-state index contributed by atoms with van der Waals surface area (Å²) in [4.78, 5) is 2.27. The monoisotopic (exact) mass is 258 g/mol. The summed E-state index contributed by atoms with van der Waals surface area (Å²) in [6.45, 7) is 8.70. The lowest BCUT2D eigenvalue weighted by Crippen LogP contribution is -2.51. The van der Waals surface area contributed by atoms with E-state index in [1.54, 1.807) is 0 Å². The second-order valence-electron chi connectivity index (χ2n) is 5.62. The number of nitrogens with one attached hydrogen (secondary N) is 1. The number of hydrogen-bond donors (Lipinski definition) is 2. The molecule has 0 spiro atoms. The highest BCUT2D eigenvalue weighted by Crippen LogP contribution is 2.19. The molecule has 0 aromatic heterocycles. The third-order valence-electron chi connectivity index (χ3n) is 3.93. The zero-order valence-electron chi connectivity index (χ0n) is 11.4. The lowest BCUT2D eigenvalue weighted by atomic mass is 9.92. The minimum absolute atomic E-state index is 0.129. The van der Waals surface area contributed by atoms with Crippen molar-refractivity contribution in [1.82, 2.24) is 10.2 Å². The highest BCUT2D eigenvalue weighted by atomic mass is 16.5. The van der Waals surface area contributed by atoms with Crippen LogP contribution in [0.4, 0.5) is 0 Å². The Morgan fingerprint density at radius 2 is 1.78 bits per heavy atom. The minimum atomic E-state index is -0.303. The van der Waals surface area contributed by atoms with E-state index in [0.29, 0.717) is 6.54 Å². The molecule has 0 saturated carbocycles. The first-order valence-corrected chi connectivity index (χ1v) is 6.99. The van der Waals surface area contributed by atoms with E-state index >= 15 is 0 Å². The fraction of sp³-hybridized carbons (Fsp3) is 1.00. The van der Waals surface area contributed by atoms with Crippen LogP contribution in [0.5, 0.6) is 0 Å². The number of nitrogens with zero attached hydrogens (tertiary/aromatic N) is 1. The summed E-state index contributed by atoms with van der Waals surface area (Å²) >= 11 is 0. The van der Waals surface area contributed by atoms with Crippen molar-refractivity contribution in [2.45, 2.75) is 31.4 Å². The number of hydrogen-bond acceptors (Lipinski definition) is 5. The van der Waals surface area contributed by atoms with Crippen LogP contribution in [0.15, 0.2) is 0 Å². The Morgan fingerprint density at radius 3 is 2.44 bits per heavy atom. The van der Waals surface area contributed by atoms with Crippen LogP contribution < -0.4 is 5.32 Å². The summed E-state index contributed by atoms with van der Waals surface area (Å²) in [5.74, 6) is 0. The van der Waals surface area contributed by atoms with Crippen molar-refractivity contribution in [2.75, 3.05) is 52.6 Å². The first-order valence-electron chi connectivity index (χ1n) is 6.99. The molecule has 0 aromatic carbocycles. The molecule has 0 bridgehead atoms. The standard InChI is InChI=1S/C13H26N2O3/c1-13(2-6-17-7-3-13)14-10-12(16)11-15-4-8-18-9-5-15/h12,14,16H,2-11H2,1H3. The van der Waals surface area contributed by atoms with Gasteiger partial charge in [0.05, 0.1) is 19.3 Å². The predicted molar refractivity (Wildman–Crippen MR) is 69.7 cm³/mol. The van der Waals surface area contributed by atoms with E-state index in [4.69, 9.17) is 9.47 Å². The van der Waals surface area contributed by atoms with Crippen LogP contribution in [0, 0.1) is 0 Å². The number of aliphatic hydroxyl groups excluding tert-OH is 1. The number of β-amino-alcohol motifs (C(OH)–C–C–N with tert-alkyl or cyclic N) is 1. The third kappa shape index (κ3) is 4.48. The molecule has 18 heavy (non-hydrogen) atoms. The van der Waals surface area contributed by atoms with Gasteiger partial charge in [-0.05, 0) is 19.8 Å². The molecule has 5 nitrogen and oxygen atoms in total. The average molecular weight is 258 g/mol. The molecule has 5 heteroatoms. The maximum absolute atomic E-state index is 10.1. The maximum atomic E-state index is 10.1. The Labute approximate surface area is 109 Å². The van der Waals surface area contributed by atoms with E-state index in [1.165, 1.54) is 0 Å². The first-order chi connectivity index (χ1) is 8.68. The van der Waals surface area contributed by atoms with E-state index in [9.17, 15) is 5.11 Å². The molecule has 106 valence electrons. The van der Waals surface area contributed by atoms with Gasteiger partial charge < -0.3 is 19.9 Å². The van der Waals surface area contributed by atoms with Crippen LogP contribution in [-0.4, -0.2) is 74.3 Å². The molecule has 2 N–H and O–H groups in total. The molecule has 2 rings (SSSR count). The van der Waals surface area contributed by atoms with Gasteiger partial charge in [0.2, 0.25) is 0 Å². The van der Waals surface area contributed by atoms with E-state index < -0.39 is 0 Å². The van der Waals surface area contributed by atoms with Gasteiger partial charge >= 0.3 is 0 Å². The molecule has 2 heterocycles. The number of rotatable bonds is 5. The Bertz CT molecular complexity index is 238. The topological polar surface area (TPSA) is 54.0 Å². The summed E-state index contributed by atoms with van der Waals surface area (Å²) in [6.07, 6.45) is 1.75. The van der Waals surface area contributed by atoms with E-state index in [1.807, 2.05) is 0 Å². The van der Waals surface area contributed by atoms with Crippen molar-refractivity contribution in [3.63, 3.8) is 0 Å². The van der Waals surface area contributed by atoms with Crippen LogP contribution >= 0.6 is 0 Å². The van der Waals surface area contributed by atoms with Crippen molar-refractivity contribution >= 4 is 0 Å². The highest BCUT2D eigenvalue weighted by Gasteiger charge is 2.27. The molecule has 2 saturated heterocycles. The fourth-order valence-electron chi connectivity index (χ4n) is 2.51. The molecular weight excluding hydrogens is 232 g/mol. The largest absolute Gasteiger partial charge is 0.390 e. The van der Waals surface area contributed by atoms with Crippen LogP contribution in [0.3, 0.4) is 0 Å². The summed E-state index contributed by atoms with van der Waals surface area (Å²) in [7, 11) is 0. The molecule has 0 aromatic rings. The maximum Gasteiger partial charge on any atom is 0.0791 e. The summed E-state index contributed by atoms with van der Waals surface area (Å²) < 4.78 is 10.7. The molecule has 2 aliphatic rings. The molecule has 0 radical (unpaired) electrons. The highest BCUT2D eigenvalue weighted by molar-refractivity contribution is 4.86. The van der Waals surface area contributed by atoms with Crippen molar-refractivity contribution in [3.8, 4) is 0 Å². The van der Waals surface area contributed by atoms with Gasteiger partial charge in [-0.1, -0.05) is 0 Å². The average Bonchev–Trinajstić information content (AvgIpc) is 2.39. The zero-order chi connectivity index (χ0) is 12.8. The minimum Gasteiger partial charge on any atom is -0.390 e. The summed E-state index contributed by atoms with van der Waals surface area (Å²) in [5, 5.41) is 13.6. The quantitative estimate of drug-likeness (QED) is 0.717. The van der Waals surface area contributed by atoms with E-state index in [-0.39, 0.29) is 11.6 Å². The van der Waals surface area contributed by atoms with Crippen LogP contribution in [0.1, 0.15) is 19.8 Å². The molecule has 0 aliphatic carbocycles. The van der Waals surface area contributed by atoms with Crippen molar-refractivity contribution in [3.05, 3.63) is 0 Å². The van der Waals surface area contributed by atoms with E-state index in [0.717, 1.165) is 58.9 Å². The Balaban J connectivity index is 1.65. The summed E-state index contributed by atoms with van der Waals surface area (Å²) in [5.41, 5.74) is 0.129. The van der Waals surface area contributed by atoms with Crippen LogP contribution in [0.25, 0.3) is 0 Å². The molecule has 2 fully saturated rings. The van der Waals surface area contributed by atoms with Crippen molar-refractivity contribution in [1.29, 1.82) is 0 Å². The zero-order valence-corrected chi connectivity index (χ0v) is 11.4. The van der Waals surface area contributed by atoms with Gasteiger partial charge in [0.1, 0.15) is 0 Å².